The lowest BCUT2D eigenvalue weighted by Gasteiger charge is -2.30. The van der Waals surface area contributed by atoms with Gasteiger partial charge in [-0.3, -0.25) is 0 Å². The highest BCUT2D eigenvalue weighted by Crippen LogP contribution is 2.28. The summed E-state index contributed by atoms with van der Waals surface area (Å²) in [4.78, 5) is 0. The molecule has 0 heterocycles. The summed E-state index contributed by atoms with van der Waals surface area (Å²) in [6.07, 6.45) is 9.77. The summed E-state index contributed by atoms with van der Waals surface area (Å²) in [6.45, 7) is 5.84. The van der Waals surface area contributed by atoms with Gasteiger partial charge in [0.2, 0.25) is 0 Å². The number of benzene rings is 1. The van der Waals surface area contributed by atoms with Gasteiger partial charge in [0.25, 0.3) is 0 Å². The van der Waals surface area contributed by atoms with Crippen molar-refractivity contribution < 1.29 is 0 Å². The van der Waals surface area contributed by atoms with E-state index in [9.17, 15) is 0 Å². The Kier molecular flexibility index (Phi) is 6.59. The lowest BCUT2D eigenvalue weighted by molar-refractivity contribution is 0.261. The fourth-order valence-corrected chi connectivity index (χ4v) is 3.61. The van der Waals surface area contributed by atoms with E-state index in [0.29, 0.717) is 5.92 Å². The van der Waals surface area contributed by atoms with Gasteiger partial charge in [-0.05, 0) is 49.6 Å². The molecule has 0 aromatic heterocycles. The van der Waals surface area contributed by atoms with Crippen LogP contribution in [-0.4, -0.2) is 12.6 Å². The minimum Gasteiger partial charge on any atom is -0.314 e. The molecule has 1 heteroatoms. The zero-order valence-corrected chi connectivity index (χ0v) is 13.3. The van der Waals surface area contributed by atoms with Crippen molar-refractivity contribution in [1.29, 1.82) is 0 Å². The molecule has 112 valence electrons. The van der Waals surface area contributed by atoms with E-state index in [4.69, 9.17) is 0 Å². The Morgan fingerprint density at radius 1 is 1.10 bits per heavy atom. The summed E-state index contributed by atoms with van der Waals surface area (Å²) < 4.78 is 0. The van der Waals surface area contributed by atoms with Gasteiger partial charge in [0.15, 0.2) is 0 Å². The molecule has 2 unspecified atom stereocenters. The summed E-state index contributed by atoms with van der Waals surface area (Å²) in [7, 11) is 0. The third-order valence-electron chi connectivity index (χ3n) is 5.01. The lowest BCUT2D eigenvalue weighted by Crippen LogP contribution is -2.37. The maximum absolute atomic E-state index is 3.84. The van der Waals surface area contributed by atoms with Gasteiger partial charge in [-0.25, -0.2) is 0 Å². The van der Waals surface area contributed by atoms with Crippen LogP contribution in [0.5, 0.6) is 0 Å². The Morgan fingerprint density at radius 2 is 1.80 bits per heavy atom. The Balaban J connectivity index is 1.73. The minimum absolute atomic E-state index is 0.660. The molecular weight excluding hydrogens is 242 g/mol. The molecule has 0 saturated heterocycles. The topological polar surface area (TPSA) is 12.0 Å². The van der Waals surface area contributed by atoms with E-state index in [1.165, 1.54) is 50.5 Å². The standard InChI is InChI=1S/C19H31N/c1-3-19(18-12-8-5-9-13-18)20-15-14-16(2)17-10-6-4-7-11-17/h4,6-7,10-11,16,18-20H,3,5,8-9,12-15H2,1-2H3. The van der Waals surface area contributed by atoms with Crippen molar-refractivity contribution in [2.24, 2.45) is 5.92 Å². The average Bonchev–Trinajstić information content (AvgIpc) is 2.53. The number of rotatable bonds is 7. The van der Waals surface area contributed by atoms with Crippen LogP contribution in [-0.2, 0) is 0 Å². The molecule has 0 amide bonds. The molecule has 1 aliphatic rings. The van der Waals surface area contributed by atoms with Crippen LogP contribution >= 0.6 is 0 Å². The fourth-order valence-electron chi connectivity index (χ4n) is 3.61. The first-order chi connectivity index (χ1) is 9.81. The number of nitrogens with one attached hydrogen (secondary N) is 1. The van der Waals surface area contributed by atoms with Crippen LogP contribution in [0, 0.1) is 5.92 Å². The van der Waals surface area contributed by atoms with Crippen molar-refractivity contribution in [1.82, 2.24) is 5.32 Å². The van der Waals surface area contributed by atoms with E-state index in [2.05, 4.69) is 49.5 Å². The highest BCUT2D eigenvalue weighted by molar-refractivity contribution is 5.18. The highest BCUT2D eigenvalue weighted by atomic mass is 14.9. The third kappa shape index (κ3) is 4.63. The van der Waals surface area contributed by atoms with Crippen LogP contribution in [0.1, 0.15) is 70.3 Å². The second-order valence-electron chi connectivity index (χ2n) is 6.47. The SMILES string of the molecule is CCC(NCCC(C)c1ccccc1)C1CCCCC1. The van der Waals surface area contributed by atoms with Gasteiger partial charge >= 0.3 is 0 Å². The van der Waals surface area contributed by atoms with Crippen molar-refractivity contribution in [3.05, 3.63) is 35.9 Å². The molecule has 1 fully saturated rings. The molecule has 1 N–H and O–H groups in total. The molecule has 1 nitrogen and oxygen atoms in total. The van der Waals surface area contributed by atoms with Gasteiger partial charge in [0, 0.05) is 6.04 Å². The van der Waals surface area contributed by atoms with Crippen molar-refractivity contribution >= 4 is 0 Å². The average molecular weight is 273 g/mol. The largest absolute Gasteiger partial charge is 0.314 e. The van der Waals surface area contributed by atoms with Crippen molar-refractivity contribution in [3.8, 4) is 0 Å². The van der Waals surface area contributed by atoms with Crippen molar-refractivity contribution in [2.75, 3.05) is 6.54 Å². The smallest absolute Gasteiger partial charge is 0.00927 e. The van der Waals surface area contributed by atoms with Gasteiger partial charge in [-0.2, -0.15) is 0 Å². The maximum atomic E-state index is 3.84. The van der Waals surface area contributed by atoms with E-state index in [-0.39, 0.29) is 0 Å². The molecule has 0 radical (unpaired) electrons. The van der Waals surface area contributed by atoms with Gasteiger partial charge in [-0.1, -0.05) is 63.4 Å². The molecule has 2 rings (SSSR count). The summed E-state index contributed by atoms with van der Waals surface area (Å²) in [5.74, 6) is 1.59. The first-order valence-corrected chi connectivity index (χ1v) is 8.59. The summed E-state index contributed by atoms with van der Waals surface area (Å²) in [5.41, 5.74) is 1.47. The van der Waals surface area contributed by atoms with Gasteiger partial charge in [0.05, 0.1) is 0 Å². The Bertz CT molecular complexity index is 353. The van der Waals surface area contributed by atoms with Crippen LogP contribution in [0.15, 0.2) is 30.3 Å². The molecule has 1 aromatic carbocycles. The molecular formula is C19H31N. The van der Waals surface area contributed by atoms with Crippen molar-refractivity contribution in [3.63, 3.8) is 0 Å². The van der Waals surface area contributed by atoms with Crippen LogP contribution < -0.4 is 5.32 Å². The van der Waals surface area contributed by atoms with E-state index in [0.717, 1.165) is 18.5 Å². The summed E-state index contributed by atoms with van der Waals surface area (Å²) in [6, 6.07) is 11.7. The van der Waals surface area contributed by atoms with Crippen molar-refractivity contribution in [2.45, 2.75) is 70.8 Å². The second-order valence-corrected chi connectivity index (χ2v) is 6.47. The van der Waals surface area contributed by atoms with Crippen LogP contribution in [0.3, 0.4) is 0 Å². The predicted octanol–water partition coefficient (Wildman–Crippen LogP) is 5.13. The van der Waals surface area contributed by atoms with E-state index < -0.39 is 0 Å². The van der Waals surface area contributed by atoms with Gasteiger partial charge in [-0.15, -0.1) is 0 Å². The Morgan fingerprint density at radius 3 is 2.45 bits per heavy atom. The molecule has 0 bridgehead atoms. The molecule has 1 aliphatic carbocycles. The molecule has 0 aliphatic heterocycles. The first-order valence-electron chi connectivity index (χ1n) is 8.59. The normalized spacial score (nSPS) is 19.7. The van der Waals surface area contributed by atoms with Crippen LogP contribution in [0.4, 0.5) is 0 Å². The van der Waals surface area contributed by atoms with Crippen LogP contribution in [0.25, 0.3) is 0 Å². The molecule has 20 heavy (non-hydrogen) atoms. The first kappa shape index (κ1) is 15.6. The molecule has 0 spiro atoms. The lowest BCUT2D eigenvalue weighted by atomic mass is 9.83. The fraction of sp³-hybridized carbons (Fsp3) is 0.684. The molecule has 2 atom stereocenters. The minimum atomic E-state index is 0.660. The predicted molar refractivity (Wildman–Crippen MR) is 88.1 cm³/mol. The Labute approximate surface area is 125 Å². The third-order valence-corrected chi connectivity index (χ3v) is 5.01. The zero-order chi connectivity index (χ0) is 14.2. The summed E-state index contributed by atoms with van der Waals surface area (Å²) >= 11 is 0. The van der Waals surface area contributed by atoms with Crippen LogP contribution in [0.2, 0.25) is 0 Å². The monoisotopic (exact) mass is 273 g/mol. The number of hydrogen-bond donors (Lipinski definition) is 1. The van der Waals surface area contributed by atoms with E-state index >= 15 is 0 Å². The highest BCUT2D eigenvalue weighted by Gasteiger charge is 2.21. The van der Waals surface area contributed by atoms with E-state index in [1.807, 2.05) is 0 Å². The zero-order valence-electron chi connectivity index (χ0n) is 13.3. The van der Waals surface area contributed by atoms with E-state index in [1.54, 1.807) is 0 Å². The van der Waals surface area contributed by atoms with Gasteiger partial charge in [0.1, 0.15) is 0 Å². The maximum Gasteiger partial charge on any atom is 0.00927 e. The van der Waals surface area contributed by atoms with Gasteiger partial charge < -0.3 is 5.32 Å². The number of hydrogen-bond acceptors (Lipinski definition) is 1. The quantitative estimate of drug-likeness (QED) is 0.726. The molecule has 1 saturated carbocycles. The summed E-state index contributed by atoms with van der Waals surface area (Å²) in [5, 5.41) is 3.84. The molecule has 1 aromatic rings. The Hall–Kier alpha value is -0.820. The second kappa shape index (κ2) is 8.46.